The van der Waals surface area contributed by atoms with Crippen LogP contribution in [0, 0.1) is 23.0 Å². The third-order valence-corrected chi connectivity index (χ3v) is 7.21. The fourth-order valence-corrected chi connectivity index (χ4v) is 5.91. The number of rotatable bonds is 4. The molecule has 3 aromatic rings. The molecule has 31 heavy (non-hydrogen) atoms. The lowest BCUT2D eigenvalue weighted by Gasteiger charge is -2.57. The van der Waals surface area contributed by atoms with Crippen LogP contribution in [0.5, 0.6) is 5.75 Å². The molecule has 0 aliphatic heterocycles. The van der Waals surface area contributed by atoms with Gasteiger partial charge in [-0.15, -0.1) is 0 Å². The lowest BCUT2D eigenvalue weighted by atomic mass is 9.47. The number of benzene rings is 2. The van der Waals surface area contributed by atoms with Crippen LogP contribution in [-0.2, 0) is 4.79 Å². The molecule has 0 radical (unpaired) electrons. The van der Waals surface area contributed by atoms with Gasteiger partial charge in [0.1, 0.15) is 5.75 Å². The number of carbonyl (C=O) groups is 1. The van der Waals surface area contributed by atoms with Crippen molar-refractivity contribution in [1.29, 1.82) is 0 Å². The Bertz CT molecular complexity index is 1200. The Balaban J connectivity index is 1.63. The molecule has 2 saturated carbocycles. The molecule has 1 heterocycles. The van der Waals surface area contributed by atoms with Gasteiger partial charge < -0.3 is 14.8 Å². The third kappa shape index (κ3) is 3.03. The Kier molecular flexibility index (Phi) is 4.40. The van der Waals surface area contributed by atoms with E-state index >= 15 is 0 Å². The molecule has 2 aromatic carbocycles. The number of carboxylic acids is 1. The van der Waals surface area contributed by atoms with Crippen LogP contribution in [0.3, 0.4) is 0 Å². The Morgan fingerprint density at radius 3 is 2.39 bits per heavy atom. The molecule has 0 atom stereocenters. The fraction of sp³-hybridized carbons (Fsp3) is 0.400. The second-order valence-electron chi connectivity index (χ2n) is 9.64. The normalized spacial score (nSPS) is 25.1. The molecule has 1 aromatic heterocycles. The van der Waals surface area contributed by atoms with Gasteiger partial charge in [0.05, 0.1) is 11.4 Å². The van der Waals surface area contributed by atoms with Crippen molar-refractivity contribution in [3.63, 3.8) is 0 Å². The van der Waals surface area contributed by atoms with E-state index in [0.29, 0.717) is 5.69 Å². The van der Waals surface area contributed by atoms with Crippen LogP contribution in [0.25, 0.3) is 16.6 Å². The Morgan fingerprint density at radius 1 is 1.06 bits per heavy atom. The van der Waals surface area contributed by atoms with E-state index in [2.05, 4.69) is 13.8 Å². The molecule has 1 spiro atoms. The highest BCUT2D eigenvalue weighted by Gasteiger charge is 2.55. The lowest BCUT2D eigenvalue weighted by molar-refractivity contribution is -0.155. The van der Waals surface area contributed by atoms with Crippen molar-refractivity contribution in [1.82, 2.24) is 4.57 Å². The number of fused-ring (bicyclic) bond motifs is 1. The summed E-state index contributed by atoms with van der Waals surface area (Å²) in [5.41, 5.74) is 3.67. The predicted molar refractivity (Wildman–Crippen MR) is 114 cm³/mol. The van der Waals surface area contributed by atoms with Crippen LogP contribution in [0.1, 0.15) is 62.6 Å². The van der Waals surface area contributed by atoms with Crippen molar-refractivity contribution in [2.24, 2.45) is 11.3 Å². The van der Waals surface area contributed by atoms with Crippen LogP contribution in [0.15, 0.2) is 36.4 Å². The monoisotopic (exact) mass is 425 g/mol. The largest absolute Gasteiger partial charge is 0.508 e. The van der Waals surface area contributed by atoms with E-state index in [0.717, 1.165) is 53.9 Å². The predicted octanol–water partition coefficient (Wildman–Crippen LogP) is 6.10. The van der Waals surface area contributed by atoms with Gasteiger partial charge in [0, 0.05) is 22.8 Å². The Morgan fingerprint density at radius 2 is 1.77 bits per heavy atom. The van der Waals surface area contributed by atoms with E-state index in [-0.39, 0.29) is 28.9 Å². The lowest BCUT2D eigenvalue weighted by Crippen LogP contribution is -2.49. The standard InChI is InChI=1S/C25H25F2NO3/c1-13(2)23-22(14-9-25(10-14)11-15(12-25)24(30)31)18-8-17(29)4-6-21(18)28(23)16-3-5-19(26)20(27)7-16/h3-8,13-15,29H,9-12H2,1-2H3,(H,30,31)/t14-,15-,25?. The number of hydrogen-bond donors (Lipinski definition) is 2. The molecule has 2 N–H and O–H groups in total. The molecule has 4 nitrogen and oxygen atoms in total. The Labute approximate surface area is 179 Å². The number of aromatic nitrogens is 1. The molecule has 162 valence electrons. The molecule has 0 bridgehead atoms. The summed E-state index contributed by atoms with van der Waals surface area (Å²) >= 11 is 0. The smallest absolute Gasteiger partial charge is 0.306 e. The summed E-state index contributed by atoms with van der Waals surface area (Å²) in [6.45, 7) is 4.15. The minimum atomic E-state index is -0.897. The average Bonchev–Trinajstić information content (AvgIpc) is 2.96. The molecule has 2 aliphatic carbocycles. The van der Waals surface area contributed by atoms with Gasteiger partial charge in [0.15, 0.2) is 11.6 Å². The van der Waals surface area contributed by atoms with E-state index in [4.69, 9.17) is 0 Å². The van der Waals surface area contributed by atoms with E-state index < -0.39 is 17.6 Å². The van der Waals surface area contributed by atoms with Gasteiger partial charge >= 0.3 is 5.97 Å². The zero-order valence-electron chi connectivity index (χ0n) is 17.5. The van der Waals surface area contributed by atoms with Crippen LogP contribution in [0.4, 0.5) is 8.78 Å². The number of aromatic hydroxyl groups is 1. The molecule has 0 saturated heterocycles. The Hall–Kier alpha value is -2.89. The van der Waals surface area contributed by atoms with Gasteiger partial charge in [0.2, 0.25) is 0 Å². The number of phenols is 1. The van der Waals surface area contributed by atoms with Crippen molar-refractivity contribution in [3.05, 3.63) is 59.3 Å². The second-order valence-corrected chi connectivity index (χ2v) is 9.64. The number of phenolic OH excluding ortho intramolecular Hbond substituents is 1. The van der Waals surface area contributed by atoms with Crippen molar-refractivity contribution >= 4 is 16.9 Å². The maximum absolute atomic E-state index is 14.1. The summed E-state index contributed by atoms with van der Waals surface area (Å²) in [5.74, 6) is -2.20. The zero-order chi connectivity index (χ0) is 22.1. The summed E-state index contributed by atoms with van der Waals surface area (Å²) < 4.78 is 29.7. The number of hydrogen-bond acceptors (Lipinski definition) is 2. The van der Waals surface area contributed by atoms with Crippen molar-refractivity contribution in [2.75, 3.05) is 0 Å². The van der Waals surface area contributed by atoms with E-state index in [1.165, 1.54) is 6.07 Å². The van der Waals surface area contributed by atoms with Gasteiger partial charge in [0.25, 0.3) is 0 Å². The molecule has 0 amide bonds. The first-order valence-corrected chi connectivity index (χ1v) is 10.7. The number of nitrogens with zero attached hydrogens (tertiary/aromatic N) is 1. The highest BCUT2D eigenvalue weighted by Crippen LogP contribution is 2.65. The SMILES string of the molecule is CC(C)c1c([C@H]2CC3(C[C@H](C(=O)O)C3)C2)c2cc(O)ccc2n1-c1ccc(F)c(F)c1. The number of halogens is 2. The summed E-state index contributed by atoms with van der Waals surface area (Å²) in [6.07, 6.45) is 3.29. The fourth-order valence-electron chi connectivity index (χ4n) is 5.91. The van der Waals surface area contributed by atoms with Crippen LogP contribution in [-0.4, -0.2) is 20.7 Å². The molecule has 6 heteroatoms. The van der Waals surface area contributed by atoms with E-state index in [9.17, 15) is 23.8 Å². The third-order valence-electron chi connectivity index (χ3n) is 7.21. The van der Waals surface area contributed by atoms with Crippen molar-refractivity contribution < 1.29 is 23.8 Å². The first-order chi connectivity index (χ1) is 14.7. The molecule has 5 rings (SSSR count). The minimum absolute atomic E-state index is 0.106. The van der Waals surface area contributed by atoms with E-state index in [1.807, 2.05) is 10.6 Å². The van der Waals surface area contributed by atoms with Crippen molar-refractivity contribution in [3.8, 4) is 11.4 Å². The molecular formula is C25H25F2NO3. The van der Waals surface area contributed by atoms with Crippen molar-refractivity contribution in [2.45, 2.75) is 51.4 Å². The highest BCUT2D eigenvalue weighted by molar-refractivity contribution is 5.89. The van der Waals surface area contributed by atoms with Crippen LogP contribution < -0.4 is 0 Å². The van der Waals surface area contributed by atoms with Crippen LogP contribution >= 0.6 is 0 Å². The maximum Gasteiger partial charge on any atom is 0.306 e. The quantitative estimate of drug-likeness (QED) is 0.531. The van der Waals surface area contributed by atoms with E-state index in [1.54, 1.807) is 18.2 Å². The zero-order valence-corrected chi connectivity index (χ0v) is 17.5. The van der Waals surface area contributed by atoms with Crippen LogP contribution in [0.2, 0.25) is 0 Å². The summed E-state index contributed by atoms with van der Waals surface area (Å²) in [6, 6.07) is 9.10. The number of aliphatic carboxylic acids is 1. The topological polar surface area (TPSA) is 62.5 Å². The summed E-state index contributed by atoms with van der Waals surface area (Å²) in [4.78, 5) is 11.2. The van der Waals surface area contributed by atoms with Gasteiger partial charge in [-0.05, 0) is 78.8 Å². The average molecular weight is 425 g/mol. The molecule has 0 unspecified atom stereocenters. The van der Waals surface area contributed by atoms with Gasteiger partial charge in [-0.2, -0.15) is 0 Å². The molecular weight excluding hydrogens is 400 g/mol. The first kappa shape index (κ1) is 20.0. The van der Waals surface area contributed by atoms with Gasteiger partial charge in [-0.1, -0.05) is 13.8 Å². The molecule has 2 fully saturated rings. The van der Waals surface area contributed by atoms with Gasteiger partial charge in [-0.25, -0.2) is 8.78 Å². The maximum atomic E-state index is 14.1. The molecule has 2 aliphatic rings. The summed E-state index contributed by atoms with van der Waals surface area (Å²) in [5, 5.41) is 20.3. The first-order valence-electron chi connectivity index (χ1n) is 10.7. The summed E-state index contributed by atoms with van der Waals surface area (Å²) in [7, 11) is 0. The minimum Gasteiger partial charge on any atom is -0.508 e. The number of carboxylic acid groups (broad SMARTS) is 1. The highest BCUT2D eigenvalue weighted by atomic mass is 19.2. The van der Waals surface area contributed by atoms with Gasteiger partial charge in [-0.3, -0.25) is 4.79 Å². The second kappa shape index (κ2) is 6.81.